The number of carbonyl (C=O) groups excluding carboxylic acids is 1. The third-order valence-corrected chi connectivity index (χ3v) is 9.10. The topological polar surface area (TPSA) is 46.5 Å². The molecule has 4 aliphatic carbocycles. The van der Waals surface area contributed by atoms with Crippen molar-refractivity contribution in [3.8, 4) is 0 Å². The van der Waals surface area contributed by atoms with Gasteiger partial charge in [-0.2, -0.15) is 0 Å². The molecular weight excluding hydrogens is 312 g/mol. The Morgan fingerprint density at radius 1 is 0.960 bits per heavy atom. The maximum Gasteiger partial charge on any atom is 0.305 e. The first-order valence-electron chi connectivity index (χ1n) is 10.8. The van der Waals surface area contributed by atoms with E-state index >= 15 is 0 Å². The van der Waals surface area contributed by atoms with Crippen molar-refractivity contribution in [2.75, 3.05) is 0 Å². The van der Waals surface area contributed by atoms with Crippen LogP contribution in [0.3, 0.4) is 0 Å². The van der Waals surface area contributed by atoms with Crippen molar-refractivity contribution >= 4 is 5.97 Å². The van der Waals surface area contributed by atoms with E-state index < -0.39 is 0 Å². The van der Waals surface area contributed by atoms with Crippen LogP contribution in [0.1, 0.15) is 85.0 Å². The lowest BCUT2D eigenvalue weighted by Crippen LogP contribution is -2.56. The highest BCUT2D eigenvalue weighted by molar-refractivity contribution is 5.69. The summed E-state index contributed by atoms with van der Waals surface area (Å²) in [6.45, 7) is 6.78. The number of ether oxygens (including phenoxy) is 1. The predicted molar refractivity (Wildman–Crippen MR) is 97.9 cm³/mol. The van der Waals surface area contributed by atoms with Crippen LogP contribution in [0.2, 0.25) is 0 Å². The van der Waals surface area contributed by atoms with E-state index in [1.807, 2.05) is 6.92 Å². The highest BCUT2D eigenvalue weighted by atomic mass is 16.5. The van der Waals surface area contributed by atoms with E-state index in [1.54, 1.807) is 0 Å². The third-order valence-electron chi connectivity index (χ3n) is 9.10. The second-order valence-corrected chi connectivity index (χ2v) is 9.98. The molecule has 0 radical (unpaired) electrons. The van der Waals surface area contributed by atoms with E-state index in [4.69, 9.17) is 4.74 Å². The molecule has 0 amide bonds. The Hall–Kier alpha value is -0.570. The number of hydrogen-bond acceptors (Lipinski definition) is 3. The van der Waals surface area contributed by atoms with Gasteiger partial charge in [-0.3, -0.25) is 4.79 Å². The van der Waals surface area contributed by atoms with Crippen molar-refractivity contribution in [3.63, 3.8) is 0 Å². The lowest BCUT2D eigenvalue weighted by Gasteiger charge is -2.61. The first-order chi connectivity index (χ1) is 11.9. The van der Waals surface area contributed by atoms with Gasteiger partial charge in [0.15, 0.2) is 0 Å². The monoisotopic (exact) mass is 348 g/mol. The van der Waals surface area contributed by atoms with Gasteiger partial charge in [0.05, 0.1) is 6.10 Å². The largest absolute Gasteiger partial charge is 0.462 e. The van der Waals surface area contributed by atoms with Crippen LogP contribution in [0.15, 0.2) is 0 Å². The lowest BCUT2D eigenvalue weighted by molar-refractivity contribution is -0.169. The molecule has 3 heteroatoms. The molecule has 4 saturated carbocycles. The molecule has 0 heterocycles. The molecule has 8 atom stereocenters. The Morgan fingerprint density at radius 2 is 1.68 bits per heavy atom. The van der Waals surface area contributed by atoms with Gasteiger partial charge in [-0.1, -0.05) is 27.2 Å². The highest BCUT2D eigenvalue weighted by Crippen LogP contribution is 2.66. The minimum absolute atomic E-state index is 0.0277. The van der Waals surface area contributed by atoms with Crippen molar-refractivity contribution in [2.45, 2.75) is 97.2 Å². The Labute approximate surface area is 152 Å². The number of aliphatic hydroxyl groups is 1. The smallest absolute Gasteiger partial charge is 0.305 e. The molecule has 142 valence electrons. The van der Waals surface area contributed by atoms with Gasteiger partial charge in [0.25, 0.3) is 0 Å². The molecule has 25 heavy (non-hydrogen) atoms. The zero-order valence-electron chi connectivity index (χ0n) is 16.3. The molecule has 0 aromatic carbocycles. The number of rotatable bonds is 2. The summed E-state index contributed by atoms with van der Waals surface area (Å²) in [5, 5.41) is 10.6. The van der Waals surface area contributed by atoms with Crippen LogP contribution in [0.25, 0.3) is 0 Å². The first kappa shape index (κ1) is 17.8. The van der Waals surface area contributed by atoms with Gasteiger partial charge in [-0.15, -0.1) is 0 Å². The molecule has 4 fully saturated rings. The van der Waals surface area contributed by atoms with Crippen LogP contribution in [-0.4, -0.2) is 23.3 Å². The fourth-order valence-electron chi connectivity index (χ4n) is 7.77. The summed E-state index contributed by atoms with van der Waals surface area (Å²) >= 11 is 0. The van der Waals surface area contributed by atoms with E-state index in [-0.39, 0.29) is 23.6 Å². The molecule has 0 bridgehead atoms. The van der Waals surface area contributed by atoms with Gasteiger partial charge in [-0.05, 0) is 80.5 Å². The number of esters is 1. The Kier molecular flexibility index (Phi) is 4.46. The summed E-state index contributed by atoms with van der Waals surface area (Å²) in [5.74, 6) is 2.73. The number of aliphatic hydroxyl groups excluding tert-OH is 1. The normalized spacial score (nSPS) is 52.0. The molecule has 3 nitrogen and oxygen atoms in total. The fourth-order valence-corrected chi connectivity index (χ4v) is 7.77. The summed E-state index contributed by atoms with van der Waals surface area (Å²) < 4.78 is 5.88. The molecule has 0 unspecified atom stereocenters. The minimum atomic E-state index is -0.0742. The zero-order valence-corrected chi connectivity index (χ0v) is 16.3. The quantitative estimate of drug-likeness (QED) is 0.735. The Bertz CT molecular complexity index is 531. The first-order valence-corrected chi connectivity index (χ1v) is 10.8. The standard InChI is InChI=1S/C22H36O3/c1-4-20(24)25-19-10-9-15-14-7-8-17-18(23)6-5-12-21(17,2)16(14)11-13-22(15,19)3/h14-19,23H,4-13H2,1-3H3/t14-,15-,16-,17-,18-,19-,21+,22-/m0/s1. The van der Waals surface area contributed by atoms with Crippen molar-refractivity contribution in [2.24, 2.45) is 34.5 Å². The van der Waals surface area contributed by atoms with Crippen molar-refractivity contribution in [3.05, 3.63) is 0 Å². The molecule has 0 spiro atoms. The average molecular weight is 349 g/mol. The number of fused-ring (bicyclic) bond motifs is 5. The minimum Gasteiger partial charge on any atom is -0.462 e. The van der Waals surface area contributed by atoms with E-state index in [0.717, 1.165) is 24.7 Å². The molecule has 0 saturated heterocycles. The average Bonchev–Trinajstić information content (AvgIpc) is 2.91. The second kappa shape index (κ2) is 6.25. The molecule has 0 aliphatic heterocycles. The summed E-state index contributed by atoms with van der Waals surface area (Å²) in [4.78, 5) is 11.9. The van der Waals surface area contributed by atoms with Crippen LogP contribution in [0.5, 0.6) is 0 Å². The SMILES string of the molecule is CCC(=O)O[C@H]1CC[C@H]2[C@@H]3CC[C@H]4[C@@H](O)CCC[C@]4(C)[C@H]3CC[C@]12C. The van der Waals surface area contributed by atoms with E-state index in [0.29, 0.717) is 23.7 Å². The summed E-state index contributed by atoms with van der Waals surface area (Å²) in [6, 6.07) is 0. The zero-order chi connectivity index (χ0) is 17.8. The van der Waals surface area contributed by atoms with Gasteiger partial charge >= 0.3 is 5.97 Å². The van der Waals surface area contributed by atoms with Crippen LogP contribution in [0, 0.1) is 34.5 Å². The van der Waals surface area contributed by atoms with Gasteiger partial charge in [0, 0.05) is 11.8 Å². The van der Waals surface area contributed by atoms with Crippen LogP contribution in [-0.2, 0) is 9.53 Å². The van der Waals surface area contributed by atoms with E-state index in [9.17, 15) is 9.90 Å². The summed E-state index contributed by atoms with van der Waals surface area (Å²) in [6.07, 6.45) is 11.3. The summed E-state index contributed by atoms with van der Waals surface area (Å²) in [7, 11) is 0. The molecule has 4 rings (SSSR count). The van der Waals surface area contributed by atoms with Crippen molar-refractivity contribution in [1.29, 1.82) is 0 Å². The van der Waals surface area contributed by atoms with Gasteiger partial charge in [-0.25, -0.2) is 0 Å². The Balaban J connectivity index is 1.57. The number of carbonyl (C=O) groups is 1. The maximum absolute atomic E-state index is 11.9. The molecule has 0 aromatic heterocycles. The fraction of sp³-hybridized carbons (Fsp3) is 0.955. The number of hydrogen-bond donors (Lipinski definition) is 1. The van der Waals surface area contributed by atoms with Crippen molar-refractivity contribution < 1.29 is 14.6 Å². The summed E-state index contributed by atoms with van der Waals surface area (Å²) in [5.41, 5.74) is 0.516. The van der Waals surface area contributed by atoms with E-state index in [1.165, 1.54) is 44.9 Å². The molecule has 1 N–H and O–H groups in total. The Morgan fingerprint density at radius 3 is 2.44 bits per heavy atom. The second-order valence-electron chi connectivity index (χ2n) is 9.98. The van der Waals surface area contributed by atoms with E-state index in [2.05, 4.69) is 13.8 Å². The predicted octanol–water partition coefficient (Wildman–Crippen LogP) is 4.71. The van der Waals surface area contributed by atoms with Crippen LogP contribution < -0.4 is 0 Å². The maximum atomic E-state index is 11.9. The van der Waals surface area contributed by atoms with Crippen LogP contribution in [0.4, 0.5) is 0 Å². The highest BCUT2D eigenvalue weighted by Gasteiger charge is 2.61. The van der Waals surface area contributed by atoms with Gasteiger partial charge in [0.2, 0.25) is 0 Å². The van der Waals surface area contributed by atoms with Gasteiger partial charge < -0.3 is 9.84 Å². The molecule has 0 aromatic rings. The van der Waals surface area contributed by atoms with Crippen LogP contribution >= 0.6 is 0 Å². The van der Waals surface area contributed by atoms with Crippen molar-refractivity contribution in [1.82, 2.24) is 0 Å². The van der Waals surface area contributed by atoms with Gasteiger partial charge in [0.1, 0.15) is 6.10 Å². The third kappa shape index (κ3) is 2.59. The lowest BCUT2D eigenvalue weighted by atomic mass is 9.45. The molecule has 4 aliphatic rings. The molecular formula is C22H36O3.